The third kappa shape index (κ3) is 5.32. The molecule has 2 bridgehead atoms. The maximum atomic E-state index is 11.0. The molecule has 4 atom stereocenters. The molecule has 2 saturated carbocycles. The fourth-order valence-electron chi connectivity index (χ4n) is 4.48. The minimum Gasteiger partial charge on any atom is -0.462 e. The van der Waals surface area contributed by atoms with E-state index in [1.165, 1.54) is 26.2 Å². The number of ether oxygens (including phenoxy) is 1. The summed E-state index contributed by atoms with van der Waals surface area (Å²) in [6.45, 7) is 18.2. The first-order valence-corrected chi connectivity index (χ1v) is 9.89. The molecule has 0 saturated heterocycles. The van der Waals surface area contributed by atoms with Gasteiger partial charge < -0.3 is 9.84 Å². The van der Waals surface area contributed by atoms with Crippen molar-refractivity contribution in [3.63, 3.8) is 0 Å². The van der Waals surface area contributed by atoms with Crippen molar-refractivity contribution in [3.8, 4) is 0 Å². The quantitative estimate of drug-likeness (QED) is 0.506. The van der Waals surface area contributed by atoms with Crippen molar-refractivity contribution in [2.24, 2.45) is 22.7 Å². The molecule has 2 unspecified atom stereocenters. The SMILES string of the molecule is C=CC(C)(O)CCCC(C)C.CC(=O)OC1C[C@H]2CC[C@@]1(C)C2(C)C. The Morgan fingerprint density at radius 1 is 1.40 bits per heavy atom. The predicted molar refractivity (Wildman–Crippen MR) is 104 cm³/mol. The topological polar surface area (TPSA) is 46.5 Å². The summed E-state index contributed by atoms with van der Waals surface area (Å²) in [5, 5.41) is 9.52. The molecule has 25 heavy (non-hydrogen) atoms. The molecule has 1 N–H and O–H groups in total. The Morgan fingerprint density at radius 2 is 2.00 bits per heavy atom. The van der Waals surface area contributed by atoms with Gasteiger partial charge in [0, 0.05) is 12.3 Å². The van der Waals surface area contributed by atoms with E-state index < -0.39 is 5.60 Å². The lowest BCUT2D eigenvalue weighted by molar-refractivity contribution is -0.154. The summed E-state index contributed by atoms with van der Waals surface area (Å²) in [5.74, 6) is 1.35. The monoisotopic (exact) mass is 352 g/mol. The standard InChI is InChI=1S/C12H20O2.C10H20O/c1-8(13)14-10-7-9-5-6-12(10,4)11(9,2)3;1-5-10(4,11)8-6-7-9(2)3/h9-10H,5-7H2,1-4H3;5,9,11H,1,6-8H2,2-4H3/t9-,10?,12-;/m1./s1. The molecule has 0 spiro atoms. The van der Waals surface area contributed by atoms with Gasteiger partial charge in [0.15, 0.2) is 0 Å². The lowest BCUT2D eigenvalue weighted by Gasteiger charge is -2.38. The van der Waals surface area contributed by atoms with E-state index in [0.29, 0.717) is 5.41 Å². The number of aliphatic hydroxyl groups is 1. The van der Waals surface area contributed by atoms with E-state index in [0.717, 1.165) is 31.1 Å². The Kier molecular flexibility index (Phi) is 7.32. The highest BCUT2D eigenvalue weighted by Crippen LogP contribution is 2.66. The van der Waals surface area contributed by atoms with Crippen LogP contribution >= 0.6 is 0 Å². The molecule has 0 aliphatic heterocycles. The first-order valence-electron chi connectivity index (χ1n) is 9.89. The Balaban J connectivity index is 0.000000260. The van der Waals surface area contributed by atoms with Gasteiger partial charge in [0.05, 0.1) is 5.60 Å². The lowest BCUT2D eigenvalue weighted by atomic mass is 9.70. The molecule has 0 aromatic heterocycles. The molecule has 0 aromatic carbocycles. The van der Waals surface area contributed by atoms with Crippen molar-refractivity contribution >= 4 is 5.97 Å². The van der Waals surface area contributed by atoms with Crippen molar-refractivity contribution in [2.75, 3.05) is 0 Å². The summed E-state index contributed by atoms with van der Waals surface area (Å²) in [5.41, 5.74) is -0.106. The Labute approximate surface area is 155 Å². The summed E-state index contributed by atoms with van der Waals surface area (Å²) in [7, 11) is 0. The van der Waals surface area contributed by atoms with E-state index >= 15 is 0 Å². The third-order valence-electron chi connectivity index (χ3n) is 6.93. The van der Waals surface area contributed by atoms with E-state index in [1.807, 2.05) is 0 Å². The second-order valence-electron chi connectivity index (χ2n) is 9.56. The van der Waals surface area contributed by atoms with E-state index in [1.54, 1.807) is 13.0 Å². The molecule has 0 aromatic rings. The molecule has 2 fully saturated rings. The average molecular weight is 353 g/mol. The number of esters is 1. The largest absolute Gasteiger partial charge is 0.462 e. The second kappa shape index (κ2) is 8.24. The van der Waals surface area contributed by atoms with Crippen molar-refractivity contribution in [3.05, 3.63) is 12.7 Å². The summed E-state index contributed by atoms with van der Waals surface area (Å²) in [4.78, 5) is 11.0. The summed E-state index contributed by atoms with van der Waals surface area (Å²) in [6, 6.07) is 0. The Morgan fingerprint density at radius 3 is 2.36 bits per heavy atom. The molecular weight excluding hydrogens is 312 g/mol. The zero-order valence-corrected chi connectivity index (χ0v) is 17.5. The first-order chi connectivity index (χ1) is 11.4. The minimum atomic E-state index is -0.658. The van der Waals surface area contributed by atoms with Crippen molar-refractivity contribution in [1.82, 2.24) is 0 Å². The van der Waals surface area contributed by atoms with E-state index in [-0.39, 0.29) is 17.5 Å². The van der Waals surface area contributed by atoms with Gasteiger partial charge in [-0.05, 0) is 49.9 Å². The zero-order valence-electron chi connectivity index (χ0n) is 17.5. The molecule has 2 aliphatic rings. The number of carbonyl (C=O) groups is 1. The van der Waals surface area contributed by atoms with Crippen LogP contribution in [0.2, 0.25) is 0 Å². The number of carbonyl (C=O) groups excluding carboxylic acids is 1. The minimum absolute atomic E-state index is 0.125. The molecule has 2 aliphatic carbocycles. The molecule has 0 radical (unpaired) electrons. The fourth-order valence-corrected chi connectivity index (χ4v) is 4.48. The van der Waals surface area contributed by atoms with Gasteiger partial charge in [0.1, 0.15) is 6.10 Å². The number of rotatable bonds is 6. The highest BCUT2D eigenvalue weighted by Gasteiger charge is 2.62. The van der Waals surface area contributed by atoms with Crippen LogP contribution in [0.4, 0.5) is 0 Å². The maximum absolute atomic E-state index is 11.0. The molecule has 146 valence electrons. The summed E-state index contributed by atoms with van der Waals surface area (Å²) >= 11 is 0. The number of fused-ring (bicyclic) bond motifs is 2. The van der Waals surface area contributed by atoms with Crippen LogP contribution < -0.4 is 0 Å². The number of hydrogen-bond acceptors (Lipinski definition) is 3. The van der Waals surface area contributed by atoms with Crippen LogP contribution in [-0.4, -0.2) is 22.8 Å². The molecule has 2 rings (SSSR count). The lowest BCUT2D eigenvalue weighted by Crippen LogP contribution is -2.37. The summed E-state index contributed by atoms with van der Waals surface area (Å²) < 4.78 is 5.44. The van der Waals surface area contributed by atoms with Gasteiger partial charge in [-0.25, -0.2) is 0 Å². The van der Waals surface area contributed by atoms with Crippen LogP contribution in [-0.2, 0) is 9.53 Å². The number of hydrogen-bond donors (Lipinski definition) is 1. The van der Waals surface area contributed by atoms with Crippen molar-refractivity contribution in [1.29, 1.82) is 0 Å². The second-order valence-corrected chi connectivity index (χ2v) is 9.56. The zero-order chi connectivity index (χ0) is 19.5. The van der Waals surface area contributed by atoms with Gasteiger partial charge in [-0.3, -0.25) is 4.79 Å². The molecule has 3 nitrogen and oxygen atoms in total. The van der Waals surface area contributed by atoms with E-state index in [2.05, 4.69) is 41.2 Å². The summed E-state index contributed by atoms with van der Waals surface area (Å²) in [6.07, 6.45) is 8.46. The van der Waals surface area contributed by atoms with Crippen LogP contribution in [0.1, 0.15) is 87.0 Å². The van der Waals surface area contributed by atoms with Gasteiger partial charge >= 0.3 is 5.97 Å². The van der Waals surface area contributed by atoms with Gasteiger partial charge in [-0.15, -0.1) is 6.58 Å². The van der Waals surface area contributed by atoms with Gasteiger partial charge in [-0.1, -0.05) is 53.5 Å². The van der Waals surface area contributed by atoms with Gasteiger partial charge in [0.25, 0.3) is 0 Å². The highest BCUT2D eigenvalue weighted by molar-refractivity contribution is 5.66. The Hall–Kier alpha value is -0.830. The third-order valence-corrected chi connectivity index (χ3v) is 6.93. The first kappa shape index (κ1) is 22.2. The van der Waals surface area contributed by atoms with Crippen LogP contribution in [0.15, 0.2) is 12.7 Å². The average Bonchev–Trinajstić information content (AvgIpc) is 2.80. The van der Waals surface area contributed by atoms with Gasteiger partial charge in [-0.2, -0.15) is 0 Å². The van der Waals surface area contributed by atoms with Gasteiger partial charge in [0.2, 0.25) is 0 Å². The van der Waals surface area contributed by atoms with E-state index in [9.17, 15) is 9.90 Å². The predicted octanol–water partition coefficient (Wildman–Crippen LogP) is 5.51. The smallest absolute Gasteiger partial charge is 0.302 e. The normalized spacial score (nSPS) is 31.9. The van der Waals surface area contributed by atoms with Crippen molar-refractivity contribution in [2.45, 2.75) is 98.7 Å². The molecule has 0 heterocycles. The maximum Gasteiger partial charge on any atom is 0.302 e. The van der Waals surface area contributed by atoms with Crippen molar-refractivity contribution < 1.29 is 14.6 Å². The fraction of sp³-hybridized carbons (Fsp3) is 0.864. The highest BCUT2D eigenvalue weighted by atomic mass is 16.5. The molecule has 0 amide bonds. The van der Waals surface area contributed by atoms with Crippen LogP contribution in [0.3, 0.4) is 0 Å². The molecule has 3 heteroatoms. The molecular formula is C22H40O3. The van der Waals surface area contributed by atoms with Crippen LogP contribution in [0.25, 0.3) is 0 Å². The van der Waals surface area contributed by atoms with E-state index in [4.69, 9.17) is 4.74 Å². The van der Waals surface area contributed by atoms with Crippen LogP contribution in [0.5, 0.6) is 0 Å². The Bertz CT molecular complexity index is 464. The van der Waals surface area contributed by atoms with Crippen LogP contribution in [0, 0.1) is 22.7 Å².